The van der Waals surface area contributed by atoms with Gasteiger partial charge in [-0.1, -0.05) is 23.2 Å². The zero-order valence-electron chi connectivity index (χ0n) is 15.7. The number of halogens is 2. The van der Waals surface area contributed by atoms with Crippen LogP contribution in [0.4, 0.5) is 0 Å². The van der Waals surface area contributed by atoms with Crippen LogP contribution < -0.4 is 0 Å². The molecule has 2 unspecified atom stereocenters. The van der Waals surface area contributed by atoms with Crippen LogP contribution in [-0.2, 0) is 9.59 Å². The normalized spacial score (nSPS) is 22.1. The number of carbonyl (C=O) groups is 2. The third kappa shape index (κ3) is 4.91. The Morgan fingerprint density at radius 1 is 1.15 bits per heavy atom. The number of nitrogens with zero attached hydrogens (tertiary/aromatic N) is 3. The van der Waals surface area contributed by atoms with Crippen LogP contribution in [0.1, 0.15) is 19.8 Å². The number of benzene rings is 1. The molecule has 2 aliphatic heterocycles. The smallest absolute Gasteiger partial charge is 0.245 e. The molecule has 2 aliphatic rings. The summed E-state index contributed by atoms with van der Waals surface area (Å²) in [4.78, 5) is 32.7. The van der Waals surface area contributed by atoms with E-state index in [1.165, 1.54) is 11.8 Å². The van der Waals surface area contributed by atoms with Gasteiger partial charge in [-0.05, 0) is 45.0 Å². The van der Waals surface area contributed by atoms with Crippen molar-refractivity contribution in [3.8, 4) is 0 Å². The zero-order chi connectivity index (χ0) is 19.6. The summed E-state index contributed by atoms with van der Waals surface area (Å²) in [5.41, 5.74) is 0. The highest BCUT2D eigenvalue weighted by Crippen LogP contribution is 2.34. The van der Waals surface area contributed by atoms with Crippen LogP contribution in [0.2, 0.25) is 10.0 Å². The molecule has 0 spiro atoms. The first kappa shape index (κ1) is 20.8. The van der Waals surface area contributed by atoms with Gasteiger partial charge in [0.2, 0.25) is 11.8 Å². The monoisotopic (exact) mass is 429 g/mol. The van der Waals surface area contributed by atoms with E-state index in [2.05, 4.69) is 11.9 Å². The van der Waals surface area contributed by atoms with Crippen LogP contribution in [0.3, 0.4) is 0 Å². The average molecular weight is 430 g/mol. The highest BCUT2D eigenvalue weighted by atomic mass is 35.5. The van der Waals surface area contributed by atoms with E-state index in [9.17, 15) is 9.59 Å². The molecule has 3 rings (SSSR count). The molecule has 148 valence electrons. The van der Waals surface area contributed by atoms with Gasteiger partial charge >= 0.3 is 0 Å². The number of carbonyl (C=O) groups excluding carboxylic acids is 2. The van der Waals surface area contributed by atoms with Crippen molar-refractivity contribution in [2.24, 2.45) is 0 Å². The molecule has 2 atom stereocenters. The van der Waals surface area contributed by atoms with Crippen LogP contribution in [0.25, 0.3) is 0 Å². The lowest BCUT2D eigenvalue weighted by Crippen LogP contribution is -2.54. The average Bonchev–Trinajstić information content (AvgIpc) is 3.13. The van der Waals surface area contributed by atoms with Gasteiger partial charge in [-0.15, -0.1) is 11.8 Å². The fourth-order valence-corrected chi connectivity index (χ4v) is 5.05. The third-order valence-corrected chi connectivity index (χ3v) is 7.00. The van der Waals surface area contributed by atoms with Gasteiger partial charge in [-0.3, -0.25) is 9.59 Å². The number of hydrogen-bond acceptors (Lipinski definition) is 4. The number of amides is 2. The lowest BCUT2D eigenvalue weighted by molar-refractivity contribution is -0.144. The number of likely N-dealkylation sites (N-methyl/N-ethyl adjacent to an activating group) is 1. The van der Waals surface area contributed by atoms with E-state index in [4.69, 9.17) is 23.2 Å². The van der Waals surface area contributed by atoms with Crippen molar-refractivity contribution >= 4 is 46.8 Å². The van der Waals surface area contributed by atoms with E-state index in [0.717, 1.165) is 43.9 Å². The van der Waals surface area contributed by atoms with Gasteiger partial charge in [-0.25, -0.2) is 0 Å². The first-order valence-electron chi connectivity index (χ1n) is 9.26. The molecule has 1 aromatic rings. The Labute approximate surface area is 174 Å². The van der Waals surface area contributed by atoms with E-state index < -0.39 is 0 Å². The van der Waals surface area contributed by atoms with E-state index in [1.54, 1.807) is 23.1 Å². The first-order valence-corrected chi connectivity index (χ1v) is 10.9. The van der Waals surface area contributed by atoms with E-state index in [0.29, 0.717) is 16.6 Å². The van der Waals surface area contributed by atoms with Crippen LogP contribution in [0, 0.1) is 0 Å². The van der Waals surface area contributed by atoms with Crippen LogP contribution in [0.15, 0.2) is 23.1 Å². The Morgan fingerprint density at radius 2 is 1.85 bits per heavy atom. The Morgan fingerprint density at radius 3 is 2.56 bits per heavy atom. The van der Waals surface area contributed by atoms with Crippen LogP contribution in [0.5, 0.6) is 0 Å². The molecule has 8 heteroatoms. The van der Waals surface area contributed by atoms with E-state index in [1.807, 2.05) is 11.8 Å². The van der Waals surface area contributed by atoms with Gasteiger partial charge in [0.15, 0.2) is 0 Å². The van der Waals surface area contributed by atoms with Crippen molar-refractivity contribution in [2.75, 3.05) is 39.8 Å². The molecule has 2 saturated heterocycles. The topological polar surface area (TPSA) is 43.9 Å². The second-order valence-electron chi connectivity index (χ2n) is 7.15. The lowest BCUT2D eigenvalue weighted by atomic mass is 10.1. The van der Waals surface area contributed by atoms with Crippen molar-refractivity contribution in [3.05, 3.63) is 28.2 Å². The third-order valence-electron chi connectivity index (χ3n) is 5.18. The molecule has 1 aromatic carbocycles. The minimum atomic E-state index is -0.334. The van der Waals surface area contributed by atoms with Crippen LogP contribution in [-0.4, -0.2) is 77.6 Å². The number of piperazine rings is 1. The van der Waals surface area contributed by atoms with Crippen molar-refractivity contribution in [1.82, 2.24) is 14.7 Å². The summed E-state index contributed by atoms with van der Waals surface area (Å²) in [6, 6.07) is 4.90. The Balaban J connectivity index is 1.65. The summed E-state index contributed by atoms with van der Waals surface area (Å²) in [5.74, 6) is 0.0768. The maximum absolute atomic E-state index is 13.0. The second-order valence-corrected chi connectivity index (χ2v) is 9.38. The summed E-state index contributed by atoms with van der Waals surface area (Å²) in [5, 5.41) is 0.836. The Kier molecular flexibility index (Phi) is 6.95. The quantitative estimate of drug-likeness (QED) is 0.688. The minimum absolute atomic E-state index is 0.0129. The van der Waals surface area contributed by atoms with Gasteiger partial charge in [0.05, 0.1) is 10.3 Å². The summed E-state index contributed by atoms with van der Waals surface area (Å²) in [6.45, 7) is 5.72. The minimum Gasteiger partial charge on any atom is -0.338 e. The van der Waals surface area contributed by atoms with Gasteiger partial charge < -0.3 is 14.7 Å². The van der Waals surface area contributed by atoms with E-state index >= 15 is 0 Å². The first-order chi connectivity index (χ1) is 12.9. The molecule has 0 radical (unpaired) electrons. The summed E-state index contributed by atoms with van der Waals surface area (Å²) in [6.07, 6.45) is 1.61. The van der Waals surface area contributed by atoms with Gasteiger partial charge in [-0.2, -0.15) is 0 Å². The van der Waals surface area contributed by atoms with Crippen LogP contribution >= 0.6 is 35.0 Å². The molecule has 2 heterocycles. The fraction of sp³-hybridized carbons (Fsp3) is 0.579. The molecule has 0 N–H and O–H groups in total. The molecule has 5 nitrogen and oxygen atoms in total. The highest BCUT2D eigenvalue weighted by molar-refractivity contribution is 8.00. The molecule has 0 saturated carbocycles. The largest absolute Gasteiger partial charge is 0.338 e. The number of likely N-dealkylation sites (tertiary alicyclic amines) is 1. The van der Waals surface area contributed by atoms with Crippen molar-refractivity contribution in [1.29, 1.82) is 0 Å². The molecular formula is C19H25Cl2N3O2S. The van der Waals surface area contributed by atoms with Crippen molar-refractivity contribution < 1.29 is 9.59 Å². The molecule has 0 aliphatic carbocycles. The molecule has 0 aromatic heterocycles. The zero-order valence-corrected chi connectivity index (χ0v) is 18.0. The summed E-state index contributed by atoms with van der Waals surface area (Å²) < 4.78 is 0. The van der Waals surface area contributed by atoms with Gasteiger partial charge in [0.25, 0.3) is 0 Å². The Bertz CT molecular complexity index is 710. The molecular weight excluding hydrogens is 405 g/mol. The maximum atomic E-state index is 13.0. The standard InChI is InChI=1S/C19H25Cl2N3O2S/c1-13(27-17-12-14(20)5-6-15(17)21)18(25)24-7-3-4-16(24)19(26)23-10-8-22(2)9-11-23/h5-6,12-13,16H,3-4,7-11H2,1-2H3. The Hall–Kier alpha value is -0.950. The maximum Gasteiger partial charge on any atom is 0.245 e. The summed E-state index contributed by atoms with van der Waals surface area (Å²) in [7, 11) is 2.06. The van der Waals surface area contributed by atoms with Gasteiger partial charge in [0.1, 0.15) is 6.04 Å². The second kappa shape index (κ2) is 9.03. The van der Waals surface area contributed by atoms with E-state index in [-0.39, 0.29) is 23.1 Å². The predicted octanol–water partition coefficient (Wildman–Crippen LogP) is 3.24. The summed E-state index contributed by atoms with van der Waals surface area (Å²) >= 11 is 13.7. The SMILES string of the molecule is CC(Sc1cc(Cl)ccc1Cl)C(=O)N1CCCC1C(=O)N1CCN(C)CC1. The predicted molar refractivity (Wildman–Crippen MR) is 111 cm³/mol. The highest BCUT2D eigenvalue weighted by Gasteiger charge is 2.38. The fourth-order valence-electron chi connectivity index (χ4n) is 3.57. The number of thioether (sulfide) groups is 1. The van der Waals surface area contributed by atoms with Crippen molar-refractivity contribution in [2.45, 2.75) is 36.0 Å². The number of rotatable bonds is 4. The lowest BCUT2D eigenvalue weighted by Gasteiger charge is -2.36. The number of hydrogen-bond donors (Lipinski definition) is 0. The molecule has 0 bridgehead atoms. The van der Waals surface area contributed by atoms with Gasteiger partial charge in [0, 0.05) is 42.6 Å². The molecule has 27 heavy (non-hydrogen) atoms. The van der Waals surface area contributed by atoms with Crippen molar-refractivity contribution in [3.63, 3.8) is 0 Å². The molecule has 2 amide bonds. The molecule has 2 fully saturated rings.